The van der Waals surface area contributed by atoms with Crippen LogP contribution in [-0.4, -0.2) is 19.2 Å². The highest BCUT2D eigenvalue weighted by atomic mass is 79.9. The maximum absolute atomic E-state index is 13.9. The van der Waals surface area contributed by atoms with Crippen molar-refractivity contribution in [2.75, 3.05) is 7.11 Å². The largest absolute Gasteiger partial charge is 0.493 e. The molecule has 0 unspecified atom stereocenters. The van der Waals surface area contributed by atoms with Crippen LogP contribution in [0.5, 0.6) is 11.5 Å². The molecule has 0 aliphatic heterocycles. The summed E-state index contributed by atoms with van der Waals surface area (Å²) in [6.45, 7) is 0.139. The zero-order chi connectivity index (χ0) is 23.1. The molecule has 0 aliphatic rings. The third-order valence-electron chi connectivity index (χ3n) is 4.28. The second-order valence-corrected chi connectivity index (χ2v) is 7.30. The summed E-state index contributed by atoms with van der Waals surface area (Å²) < 4.78 is 38.9. The van der Waals surface area contributed by atoms with Gasteiger partial charge in [0.15, 0.2) is 11.5 Å². The van der Waals surface area contributed by atoms with Crippen LogP contribution in [0.1, 0.15) is 27.0 Å². The Morgan fingerprint density at radius 1 is 1.19 bits per heavy atom. The highest BCUT2D eigenvalue weighted by Gasteiger charge is 2.13. The zero-order valence-electron chi connectivity index (χ0n) is 16.7. The fourth-order valence-corrected chi connectivity index (χ4v) is 3.12. The number of hydrogen-bond donors (Lipinski definition) is 1. The number of nitrogens with zero attached hydrogens (tertiary/aromatic N) is 2. The van der Waals surface area contributed by atoms with Gasteiger partial charge in [0.2, 0.25) is 0 Å². The van der Waals surface area contributed by atoms with Crippen molar-refractivity contribution < 1.29 is 23.0 Å². The molecule has 0 aliphatic carbocycles. The normalized spacial score (nSPS) is 10.6. The van der Waals surface area contributed by atoms with Gasteiger partial charge in [-0.3, -0.25) is 4.79 Å². The molecule has 0 aromatic heterocycles. The molecule has 0 bridgehead atoms. The van der Waals surface area contributed by atoms with E-state index < -0.39 is 11.7 Å². The summed E-state index contributed by atoms with van der Waals surface area (Å²) in [7, 11) is 1.47. The number of nitriles is 1. The van der Waals surface area contributed by atoms with E-state index in [1.165, 1.54) is 37.6 Å². The summed E-state index contributed by atoms with van der Waals surface area (Å²) in [4.78, 5) is 12.1. The fourth-order valence-electron chi connectivity index (χ4n) is 2.70. The van der Waals surface area contributed by atoms with Crippen molar-refractivity contribution in [1.82, 2.24) is 5.43 Å². The Labute approximate surface area is 191 Å². The number of amides is 1. The van der Waals surface area contributed by atoms with E-state index in [9.17, 15) is 13.6 Å². The standard InChI is InChI=1S/C23H16BrF2N3O3/c1-31-21-9-16(12-28-29-23(30)18-6-5-14(11-27)8-20(18)26)19(24)10-22(21)32-13-15-3-2-4-17(25)7-15/h2-10,12H,13H2,1H3,(H,29,30)/b28-12-. The molecule has 1 N–H and O–H groups in total. The Morgan fingerprint density at radius 3 is 2.69 bits per heavy atom. The van der Waals surface area contributed by atoms with E-state index >= 15 is 0 Å². The first kappa shape index (κ1) is 22.9. The van der Waals surface area contributed by atoms with Gasteiger partial charge < -0.3 is 9.47 Å². The van der Waals surface area contributed by atoms with Crippen LogP contribution in [0.15, 0.2) is 64.2 Å². The molecule has 3 aromatic carbocycles. The molecule has 162 valence electrons. The lowest BCUT2D eigenvalue weighted by Gasteiger charge is -2.13. The van der Waals surface area contributed by atoms with E-state index in [4.69, 9.17) is 14.7 Å². The quantitative estimate of drug-likeness (QED) is 0.368. The van der Waals surface area contributed by atoms with Gasteiger partial charge in [0, 0.05) is 10.0 Å². The number of ether oxygens (including phenoxy) is 2. The van der Waals surface area contributed by atoms with Crippen LogP contribution >= 0.6 is 15.9 Å². The van der Waals surface area contributed by atoms with Crippen molar-refractivity contribution in [1.29, 1.82) is 5.26 Å². The molecule has 3 rings (SSSR count). The minimum atomic E-state index is -0.820. The minimum Gasteiger partial charge on any atom is -0.493 e. The van der Waals surface area contributed by atoms with Crippen LogP contribution in [0.2, 0.25) is 0 Å². The highest BCUT2D eigenvalue weighted by molar-refractivity contribution is 9.10. The van der Waals surface area contributed by atoms with E-state index in [1.807, 2.05) is 0 Å². The lowest BCUT2D eigenvalue weighted by molar-refractivity contribution is 0.0951. The maximum Gasteiger partial charge on any atom is 0.274 e. The second kappa shape index (κ2) is 10.5. The van der Waals surface area contributed by atoms with Crippen LogP contribution in [-0.2, 0) is 6.61 Å². The number of rotatable bonds is 7. The number of carbonyl (C=O) groups excluding carboxylic acids is 1. The number of carbonyl (C=O) groups is 1. The molecular weight excluding hydrogens is 484 g/mol. The predicted octanol–water partition coefficient (Wildman–Crippen LogP) is 4.95. The first-order valence-corrected chi connectivity index (χ1v) is 9.98. The van der Waals surface area contributed by atoms with E-state index in [0.717, 1.165) is 6.07 Å². The average molecular weight is 500 g/mol. The molecule has 0 fully saturated rings. The smallest absolute Gasteiger partial charge is 0.274 e. The van der Waals surface area contributed by atoms with Crippen molar-refractivity contribution in [3.63, 3.8) is 0 Å². The Bertz CT molecular complexity index is 1230. The number of methoxy groups -OCH3 is 1. The van der Waals surface area contributed by atoms with E-state index in [2.05, 4.69) is 26.5 Å². The summed E-state index contributed by atoms with van der Waals surface area (Å²) >= 11 is 3.40. The highest BCUT2D eigenvalue weighted by Crippen LogP contribution is 2.33. The van der Waals surface area contributed by atoms with Gasteiger partial charge in [-0.1, -0.05) is 12.1 Å². The van der Waals surface area contributed by atoms with Crippen LogP contribution in [0.4, 0.5) is 8.78 Å². The number of hydrogen-bond acceptors (Lipinski definition) is 5. The Hall–Kier alpha value is -3.77. The lowest BCUT2D eigenvalue weighted by Crippen LogP contribution is -2.19. The Balaban J connectivity index is 1.70. The van der Waals surface area contributed by atoms with E-state index in [1.54, 1.807) is 30.3 Å². The van der Waals surface area contributed by atoms with Gasteiger partial charge in [-0.2, -0.15) is 10.4 Å². The third kappa shape index (κ3) is 5.68. The van der Waals surface area contributed by atoms with Crippen molar-refractivity contribution in [2.24, 2.45) is 5.10 Å². The van der Waals surface area contributed by atoms with Gasteiger partial charge in [0.05, 0.1) is 30.5 Å². The minimum absolute atomic E-state index is 0.110. The van der Waals surface area contributed by atoms with Crippen molar-refractivity contribution in [3.05, 3.63) is 93.0 Å². The summed E-state index contributed by atoms with van der Waals surface area (Å²) in [5.74, 6) is -1.12. The Kier molecular flexibility index (Phi) is 7.52. The van der Waals surface area contributed by atoms with Crippen LogP contribution in [0.3, 0.4) is 0 Å². The summed E-state index contributed by atoms with van der Waals surface area (Å²) in [6, 6.07) is 14.7. The SMILES string of the molecule is COc1cc(/C=N\NC(=O)c2ccc(C#N)cc2F)c(Br)cc1OCc1cccc(F)c1. The van der Waals surface area contributed by atoms with Crippen molar-refractivity contribution in [3.8, 4) is 17.6 Å². The number of hydrazone groups is 1. The van der Waals surface area contributed by atoms with Gasteiger partial charge in [0.25, 0.3) is 5.91 Å². The van der Waals surface area contributed by atoms with Crippen molar-refractivity contribution >= 4 is 28.1 Å². The van der Waals surface area contributed by atoms with Gasteiger partial charge >= 0.3 is 0 Å². The first-order valence-electron chi connectivity index (χ1n) is 9.19. The van der Waals surface area contributed by atoms with Gasteiger partial charge in [0.1, 0.15) is 18.2 Å². The lowest BCUT2D eigenvalue weighted by atomic mass is 10.1. The predicted molar refractivity (Wildman–Crippen MR) is 118 cm³/mol. The van der Waals surface area contributed by atoms with Gasteiger partial charge in [-0.05, 0) is 64.0 Å². The topological polar surface area (TPSA) is 83.7 Å². The number of benzene rings is 3. The molecule has 1 amide bonds. The zero-order valence-corrected chi connectivity index (χ0v) is 18.3. The maximum atomic E-state index is 13.9. The number of halogens is 3. The molecule has 0 atom stereocenters. The fraction of sp³-hybridized carbons (Fsp3) is 0.0870. The molecule has 3 aromatic rings. The molecule has 0 radical (unpaired) electrons. The third-order valence-corrected chi connectivity index (χ3v) is 4.97. The van der Waals surface area contributed by atoms with Gasteiger partial charge in [-0.25, -0.2) is 14.2 Å². The molecule has 0 spiro atoms. The summed E-state index contributed by atoms with van der Waals surface area (Å²) in [5.41, 5.74) is 3.32. The van der Waals surface area contributed by atoms with Crippen molar-refractivity contribution in [2.45, 2.75) is 6.61 Å². The molecule has 9 heteroatoms. The second-order valence-electron chi connectivity index (χ2n) is 6.45. The van der Waals surface area contributed by atoms with E-state index in [0.29, 0.717) is 27.1 Å². The molecule has 0 heterocycles. The first-order chi connectivity index (χ1) is 15.4. The summed E-state index contributed by atoms with van der Waals surface area (Å²) in [6.07, 6.45) is 1.35. The van der Waals surface area contributed by atoms with E-state index in [-0.39, 0.29) is 23.6 Å². The summed E-state index contributed by atoms with van der Waals surface area (Å²) in [5, 5.41) is 12.6. The molecular formula is C23H16BrF2N3O3. The number of nitrogens with one attached hydrogen (secondary N) is 1. The average Bonchev–Trinajstić information content (AvgIpc) is 2.78. The monoisotopic (exact) mass is 499 g/mol. The molecule has 0 saturated carbocycles. The molecule has 32 heavy (non-hydrogen) atoms. The van der Waals surface area contributed by atoms with Crippen LogP contribution in [0, 0.1) is 23.0 Å². The molecule has 0 saturated heterocycles. The van der Waals surface area contributed by atoms with Crippen LogP contribution in [0.25, 0.3) is 0 Å². The van der Waals surface area contributed by atoms with Gasteiger partial charge in [-0.15, -0.1) is 0 Å². The van der Waals surface area contributed by atoms with Crippen LogP contribution < -0.4 is 14.9 Å². The Morgan fingerprint density at radius 2 is 2.00 bits per heavy atom. The molecule has 6 nitrogen and oxygen atoms in total.